The number of likely N-dealkylation sites (tertiary alicyclic amines) is 1. The number of phenolic OH excluding ortho intramolecular Hbond substituents is 1. The van der Waals surface area contributed by atoms with Gasteiger partial charge in [-0.1, -0.05) is 55.4 Å². The summed E-state index contributed by atoms with van der Waals surface area (Å²) in [5.74, 6) is -0.683. The third-order valence-electron chi connectivity index (χ3n) is 13.1. The average Bonchev–Trinajstić information content (AvgIpc) is 3.81. The van der Waals surface area contributed by atoms with E-state index in [9.17, 15) is 19.8 Å². The third kappa shape index (κ3) is 7.91. The van der Waals surface area contributed by atoms with Crippen LogP contribution in [0.25, 0.3) is 44.1 Å². The number of aliphatic hydroxyl groups is 1. The van der Waals surface area contributed by atoms with Crippen LogP contribution in [0.15, 0.2) is 95.1 Å². The van der Waals surface area contributed by atoms with E-state index in [1.165, 1.54) is 10.6 Å². The number of benzene rings is 2. The summed E-state index contributed by atoms with van der Waals surface area (Å²) in [4.78, 5) is 42.2. The van der Waals surface area contributed by atoms with E-state index in [4.69, 9.17) is 4.52 Å². The molecule has 64 heavy (non-hydrogen) atoms. The number of hydrogen-bond donors (Lipinski definition) is 3. The maximum Gasteiger partial charge on any atom is 0.243 e. The van der Waals surface area contributed by atoms with Gasteiger partial charge in [0.2, 0.25) is 11.8 Å². The number of aromatic hydroxyl groups is 1. The molecule has 2 aliphatic heterocycles. The number of phenols is 1. The molecule has 0 spiro atoms. The van der Waals surface area contributed by atoms with Crippen molar-refractivity contribution in [3.63, 3.8) is 0 Å². The van der Waals surface area contributed by atoms with Gasteiger partial charge in [-0.15, -0.1) is 21.5 Å². The van der Waals surface area contributed by atoms with Crippen molar-refractivity contribution in [1.29, 1.82) is 0 Å². The molecule has 7 heterocycles. The molecule has 5 atom stereocenters. The minimum atomic E-state index is -0.838. The van der Waals surface area contributed by atoms with Gasteiger partial charge in [-0.3, -0.25) is 14.6 Å². The molecule has 328 valence electrons. The molecule has 15 heteroatoms. The second kappa shape index (κ2) is 16.9. The van der Waals surface area contributed by atoms with Crippen molar-refractivity contribution in [1.82, 2.24) is 40.1 Å². The number of nitrogens with one attached hydrogen (secondary N) is 1. The van der Waals surface area contributed by atoms with E-state index >= 15 is 0 Å². The van der Waals surface area contributed by atoms with Crippen LogP contribution < -0.4 is 10.2 Å². The fourth-order valence-electron chi connectivity index (χ4n) is 9.58. The Morgan fingerprint density at radius 2 is 1.72 bits per heavy atom. The van der Waals surface area contributed by atoms with Crippen LogP contribution in [0.3, 0.4) is 0 Å². The van der Waals surface area contributed by atoms with Gasteiger partial charge >= 0.3 is 0 Å². The van der Waals surface area contributed by atoms with Crippen molar-refractivity contribution in [3.8, 4) is 38.8 Å². The van der Waals surface area contributed by atoms with Crippen molar-refractivity contribution in [2.45, 2.75) is 89.4 Å². The number of pyridine rings is 1. The minimum Gasteiger partial charge on any atom is -0.507 e. The molecule has 2 amide bonds. The summed E-state index contributed by atoms with van der Waals surface area (Å²) in [6.45, 7) is 9.51. The van der Waals surface area contributed by atoms with Crippen molar-refractivity contribution >= 4 is 39.9 Å². The lowest BCUT2D eigenvalue weighted by Gasteiger charge is -2.29. The van der Waals surface area contributed by atoms with E-state index in [1.807, 2.05) is 81.7 Å². The van der Waals surface area contributed by atoms with Crippen LogP contribution in [0, 0.1) is 12.8 Å². The molecule has 14 nitrogen and oxygen atoms in total. The average molecular weight is 878 g/mol. The highest BCUT2D eigenvalue weighted by molar-refractivity contribution is 7.13. The molecule has 3 N–H and O–H groups in total. The molecule has 1 saturated carbocycles. The smallest absolute Gasteiger partial charge is 0.243 e. The number of amides is 2. The molecule has 0 radical (unpaired) electrons. The van der Waals surface area contributed by atoms with Gasteiger partial charge in [-0.05, 0) is 86.6 Å². The molecule has 1 aliphatic carbocycles. The van der Waals surface area contributed by atoms with Crippen LogP contribution in [-0.4, -0.2) is 88.6 Å². The van der Waals surface area contributed by atoms with Gasteiger partial charge in [0.15, 0.2) is 0 Å². The molecule has 3 aliphatic rings. The fourth-order valence-corrected chi connectivity index (χ4v) is 10.4. The first-order valence-electron chi connectivity index (χ1n) is 22.1. The summed E-state index contributed by atoms with van der Waals surface area (Å²) < 4.78 is 8.37. The predicted molar refractivity (Wildman–Crippen MR) is 245 cm³/mol. The van der Waals surface area contributed by atoms with Gasteiger partial charge in [0, 0.05) is 67.2 Å². The van der Waals surface area contributed by atoms with E-state index in [2.05, 4.69) is 52.2 Å². The van der Waals surface area contributed by atoms with Crippen LogP contribution in [0.2, 0.25) is 0 Å². The SMILES string of the molecule is Cc1ncsc1-c1ccc([C@H](C)NC(=O)[C@@H]2C[C@@H](O)CN2C(=O)[C@@H](c2cc(-c3cc(N4CC[C@@H](c5cc6nnc(-c7ccccc7O)cc6n5C5CC5)C4)ccn3)no2)C(C)C)cc1. The predicted octanol–water partition coefficient (Wildman–Crippen LogP) is 8.19. The van der Waals surface area contributed by atoms with E-state index < -0.39 is 18.1 Å². The number of aromatic nitrogens is 6. The first-order valence-corrected chi connectivity index (χ1v) is 23.0. The van der Waals surface area contributed by atoms with Gasteiger partial charge in [-0.2, -0.15) is 0 Å². The van der Waals surface area contributed by atoms with Crippen LogP contribution >= 0.6 is 11.3 Å². The lowest BCUT2D eigenvalue weighted by molar-refractivity contribution is -0.141. The quantitative estimate of drug-likeness (QED) is 0.108. The zero-order valence-corrected chi connectivity index (χ0v) is 37.1. The molecule has 2 aromatic carbocycles. The number of β-amino-alcohol motifs (C(OH)–C–C–N with tert-alkyl or cyclic N) is 1. The number of fused-ring (bicyclic) bond motifs is 1. The third-order valence-corrected chi connectivity index (χ3v) is 14.1. The number of carbonyl (C=O) groups is 2. The highest BCUT2D eigenvalue weighted by Crippen LogP contribution is 2.44. The number of nitrogens with zero attached hydrogens (tertiary/aromatic N) is 8. The Morgan fingerprint density at radius 3 is 2.47 bits per heavy atom. The molecule has 2 saturated heterocycles. The lowest BCUT2D eigenvalue weighted by atomic mass is 9.91. The van der Waals surface area contributed by atoms with Gasteiger partial charge < -0.3 is 34.4 Å². The molecular weight excluding hydrogens is 827 g/mol. The van der Waals surface area contributed by atoms with E-state index in [0.29, 0.717) is 34.4 Å². The standard InChI is InChI=1S/C49H51N9O5S/c1-27(2)46(49(62)57-25-35(59)20-43(57)48(61)52-28(3)30-9-11-31(12-10-30)47-29(4)51-26-64-47)45-23-39(55-63-45)38-19-34(15-17-50-38)56-18-16-32(24-56)41-22-40-42(58(41)33-13-14-33)21-37(53-54-40)36-7-5-6-8-44(36)60/h5-12,15,17,19,21-23,26-28,32-33,35,43,46,59-60H,13-14,16,18,20,24-25H2,1-4H3,(H,52,61)/t28-,32+,35+,43-,46+/m0/s1. The number of anilines is 1. The van der Waals surface area contributed by atoms with Crippen LogP contribution in [0.5, 0.6) is 5.75 Å². The van der Waals surface area contributed by atoms with E-state index in [1.54, 1.807) is 35.7 Å². The number of para-hydroxylation sites is 1. The molecule has 5 aromatic heterocycles. The van der Waals surface area contributed by atoms with Gasteiger partial charge in [0.05, 0.1) is 45.1 Å². The molecule has 0 unspecified atom stereocenters. The Hall–Kier alpha value is -6.45. The highest BCUT2D eigenvalue weighted by atomic mass is 32.1. The van der Waals surface area contributed by atoms with Gasteiger partial charge in [0.25, 0.3) is 0 Å². The summed E-state index contributed by atoms with van der Waals surface area (Å²) in [7, 11) is 0. The van der Waals surface area contributed by atoms with Crippen LogP contribution in [0.1, 0.15) is 93.1 Å². The Labute approximate surface area is 375 Å². The van der Waals surface area contributed by atoms with Gasteiger partial charge in [-0.25, -0.2) is 4.98 Å². The second-order valence-corrected chi connectivity index (χ2v) is 18.7. The number of thiazole rings is 1. The Bertz CT molecular complexity index is 2850. The van der Waals surface area contributed by atoms with Crippen molar-refractivity contribution in [2.75, 3.05) is 24.5 Å². The maximum atomic E-state index is 14.4. The first-order chi connectivity index (χ1) is 31.0. The highest BCUT2D eigenvalue weighted by Gasteiger charge is 2.44. The van der Waals surface area contributed by atoms with Crippen LogP contribution in [-0.2, 0) is 9.59 Å². The topological polar surface area (TPSA) is 176 Å². The Morgan fingerprint density at radius 1 is 0.906 bits per heavy atom. The number of carbonyl (C=O) groups excluding carboxylic acids is 2. The zero-order chi connectivity index (χ0) is 44.2. The fraction of sp³-hybridized carbons (Fsp3) is 0.367. The van der Waals surface area contributed by atoms with Crippen LogP contribution in [0.4, 0.5) is 5.69 Å². The molecule has 0 bridgehead atoms. The lowest BCUT2D eigenvalue weighted by Crippen LogP contribution is -2.48. The summed E-state index contributed by atoms with van der Waals surface area (Å²) >= 11 is 1.59. The van der Waals surface area contributed by atoms with Crippen molar-refractivity contribution in [2.24, 2.45) is 5.92 Å². The summed E-state index contributed by atoms with van der Waals surface area (Å²) in [5, 5.41) is 37.9. The largest absolute Gasteiger partial charge is 0.507 e. The number of rotatable bonds is 12. The van der Waals surface area contributed by atoms with Gasteiger partial charge in [0.1, 0.15) is 34.7 Å². The summed E-state index contributed by atoms with van der Waals surface area (Å²) in [5.41, 5.74) is 11.5. The number of aliphatic hydroxyl groups excluding tert-OH is 1. The number of aryl methyl sites for hydroxylation is 1. The second-order valence-electron chi connectivity index (χ2n) is 17.9. The van der Waals surface area contributed by atoms with Crippen molar-refractivity contribution < 1.29 is 24.3 Å². The molecular formula is C49H51N9O5S. The Balaban J connectivity index is 0.830. The van der Waals surface area contributed by atoms with E-state index in [0.717, 1.165) is 70.8 Å². The summed E-state index contributed by atoms with van der Waals surface area (Å²) in [6.07, 6.45) is 4.31. The zero-order valence-electron chi connectivity index (χ0n) is 36.3. The molecule has 10 rings (SSSR count). The maximum absolute atomic E-state index is 14.4. The molecule has 3 fully saturated rings. The normalized spacial score (nSPS) is 19.8. The molecule has 7 aromatic rings. The first kappa shape index (κ1) is 41.6. The minimum absolute atomic E-state index is 0.0485. The van der Waals surface area contributed by atoms with E-state index in [-0.39, 0.29) is 48.4 Å². The number of hydrogen-bond acceptors (Lipinski definition) is 12. The van der Waals surface area contributed by atoms with Crippen molar-refractivity contribution in [3.05, 3.63) is 113 Å². The Kier molecular flexibility index (Phi) is 11.0. The monoisotopic (exact) mass is 877 g/mol. The summed E-state index contributed by atoms with van der Waals surface area (Å²) in [6, 6.07) is 24.6.